The van der Waals surface area contributed by atoms with Crippen molar-refractivity contribution < 1.29 is 26.0 Å². The number of pyridine rings is 1. The highest BCUT2D eigenvalue weighted by atomic mass is 32.3. The number of halogens is 1. The number of fused-ring (bicyclic) bond motifs is 1. The lowest BCUT2D eigenvalue weighted by molar-refractivity contribution is 0.00695. The number of hydrogen-bond acceptors (Lipinski definition) is 7. The predicted molar refractivity (Wildman–Crippen MR) is 152 cm³/mol. The van der Waals surface area contributed by atoms with Gasteiger partial charge < -0.3 is 14.2 Å². The number of ether oxygens (including phenoxy) is 1. The van der Waals surface area contributed by atoms with Gasteiger partial charge in [-0.15, -0.1) is 0 Å². The molecule has 204 valence electrons. The van der Waals surface area contributed by atoms with Gasteiger partial charge in [-0.25, -0.2) is 9.78 Å². The molecule has 8 nitrogen and oxygen atoms in total. The lowest BCUT2D eigenvalue weighted by atomic mass is 10.1. The van der Waals surface area contributed by atoms with Gasteiger partial charge in [0.2, 0.25) is 0 Å². The number of benzene rings is 3. The Morgan fingerprint density at radius 1 is 0.875 bits per heavy atom. The molecule has 3 aromatic carbocycles. The maximum Gasteiger partial charge on any atom is 0.488 e. The molecule has 0 amide bonds. The van der Waals surface area contributed by atoms with Crippen LogP contribution in [0.15, 0.2) is 97.2 Å². The molecule has 1 N–H and O–H groups in total. The summed E-state index contributed by atoms with van der Waals surface area (Å²) >= 11 is 0. The highest BCUT2D eigenvalue weighted by Gasteiger charge is 2.19. The van der Waals surface area contributed by atoms with Crippen LogP contribution in [0, 0.1) is 0 Å². The van der Waals surface area contributed by atoms with E-state index in [4.69, 9.17) is 9.72 Å². The minimum Gasteiger partial charge on any atom is -0.456 e. The summed E-state index contributed by atoms with van der Waals surface area (Å²) in [6, 6.07) is 26.6. The van der Waals surface area contributed by atoms with Crippen LogP contribution in [-0.2, 0) is 15.2 Å². The quantitative estimate of drug-likeness (QED) is 0.170. The minimum atomic E-state index is -5.14. The number of esters is 1. The van der Waals surface area contributed by atoms with Gasteiger partial charge in [-0.1, -0.05) is 34.2 Å². The van der Waals surface area contributed by atoms with Gasteiger partial charge >= 0.3 is 16.5 Å². The zero-order valence-corrected chi connectivity index (χ0v) is 22.8. The Balaban J connectivity index is 1.53. The van der Waals surface area contributed by atoms with E-state index in [1.807, 2.05) is 73.8 Å². The second-order valence-electron chi connectivity index (χ2n) is 10.0. The summed E-state index contributed by atoms with van der Waals surface area (Å²) in [5.41, 5.74) is 4.40. The maximum absolute atomic E-state index is 13.0. The third kappa shape index (κ3) is 6.29. The summed E-state index contributed by atoms with van der Waals surface area (Å²) in [5, 5.41) is 3.38. The van der Waals surface area contributed by atoms with Crippen LogP contribution in [-0.4, -0.2) is 29.4 Å². The first-order valence-corrected chi connectivity index (χ1v) is 13.7. The number of nitrogens with zero attached hydrogens (tertiary/aromatic N) is 2. The molecule has 0 radical (unpaired) electrons. The highest BCUT2D eigenvalue weighted by molar-refractivity contribution is 7.81. The van der Waals surface area contributed by atoms with Crippen LogP contribution in [0.2, 0.25) is 0 Å². The Morgan fingerprint density at radius 2 is 1.55 bits per heavy atom. The lowest BCUT2D eigenvalue weighted by Gasteiger charge is -2.19. The topological polar surface area (TPSA) is 99.0 Å². The summed E-state index contributed by atoms with van der Waals surface area (Å²) in [7, 11) is -5.14. The molecule has 10 heteroatoms. The number of imidazole rings is 1. The molecule has 0 fully saturated rings. The zero-order chi connectivity index (χ0) is 28.5. The number of hydrogen-bond donors (Lipinski definition) is 1. The Labute approximate surface area is 231 Å². The van der Waals surface area contributed by atoms with Gasteiger partial charge in [0.15, 0.2) is 0 Å². The van der Waals surface area contributed by atoms with Crippen LogP contribution in [0.1, 0.15) is 31.1 Å². The van der Waals surface area contributed by atoms with E-state index in [1.165, 1.54) is 12.1 Å². The lowest BCUT2D eigenvalue weighted by Crippen LogP contribution is -2.23. The van der Waals surface area contributed by atoms with Crippen molar-refractivity contribution >= 4 is 33.6 Å². The monoisotopic (exact) mass is 559 g/mol. The van der Waals surface area contributed by atoms with Crippen molar-refractivity contribution in [2.24, 2.45) is 0 Å². The van der Waals surface area contributed by atoms with Gasteiger partial charge in [0.05, 0.1) is 5.56 Å². The van der Waals surface area contributed by atoms with E-state index >= 15 is 0 Å². The summed E-state index contributed by atoms with van der Waals surface area (Å²) < 4.78 is 46.4. The van der Waals surface area contributed by atoms with Crippen LogP contribution in [0.4, 0.5) is 15.4 Å². The van der Waals surface area contributed by atoms with Gasteiger partial charge in [-0.2, -0.15) is 8.42 Å². The Bertz CT molecular complexity index is 1780. The molecule has 0 atom stereocenters. The molecule has 2 heterocycles. The van der Waals surface area contributed by atoms with Crippen molar-refractivity contribution in [3.05, 3.63) is 103 Å². The first kappa shape index (κ1) is 26.9. The Kier molecular flexibility index (Phi) is 7.03. The number of aromatic nitrogens is 2. The van der Waals surface area contributed by atoms with Crippen molar-refractivity contribution in [1.29, 1.82) is 0 Å². The van der Waals surface area contributed by atoms with Crippen LogP contribution < -0.4 is 9.50 Å². The van der Waals surface area contributed by atoms with Gasteiger partial charge in [-0.3, -0.25) is 4.40 Å². The number of rotatable bonds is 7. The molecule has 0 saturated heterocycles. The summed E-state index contributed by atoms with van der Waals surface area (Å²) in [6.07, 6.45) is 1.90. The Hall–Kier alpha value is -4.70. The highest BCUT2D eigenvalue weighted by Crippen LogP contribution is 2.34. The van der Waals surface area contributed by atoms with Crippen molar-refractivity contribution in [1.82, 2.24) is 9.38 Å². The van der Waals surface area contributed by atoms with E-state index in [2.05, 4.69) is 9.50 Å². The predicted octanol–water partition coefficient (Wildman–Crippen LogP) is 6.96. The first-order chi connectivity index (χ1) is 18.9. The third-order valence-electron chi connectivity index (χ3n) is 5.84. The number of carbonyl (C=O) groups excluding carboxylic acids is 1. The van der Waals surface area contributed by atoms with Crippen LogP contribution in [0.3, 0.4) is 0 Å². The summed E-state index contributed by atoms with van der Waals surface area (Å²) in [6.45, 7) is 5.43. The van der Waals surface area contributed by atoms with Gasteiger partial charge in [0.25, 0.3) is 0 Å². The fraction of sp³-hybridized carbons (Fsp3) is 0.133. The normalized spacial score (nSPS) is 11.8. The minimum absolute atomic E-state index is 0.159. The molecule has 0 unspecified atom stereocenters. The van der Waals surface area contributed by atoms with Crippen molar-refractivity contribution in [3.63, 3.8) is 0 Å². The van der Waals surface area contributed by atoms with Gasteiger partial charge in [0.1, 0.15) is 28.5 Å². The maximum atomic E-state index is 13.0. The SMILES string of the molecule is CC(C)(C)OC(=O)c1ccc(Nc2c(-c3ccc(OS(=O)(=O)F)cc3)nc3cc(-c4ccccc4)ccn23)cc1. The number of anilines is 2. The largest absolute Gasteiger partial charge is 0.488 e. The number of nitrogens with one attached hydrogen (secondary N) is 1. The smallest absolute Gasteiger partial charge is 0.456 e. The van der Waals surface area contributed by atoms with Crippen LogP contribution in [0.25, 0.3) is 28.0 Å². The molecule has 0 aliphatic carbocycles. The van der Waals surface area contributed by atoms with Gasteiger partial charge in [0, 0.05) is 17.4 Å². The second kappa shape index (κ2) is 10.5. The fourth-order valence-corrected chi connectivity index (χ4v) is 4.46. The summed E-state index contributed by atoms with van der Waals surface area (Å²) in [4.78, 5) is 17.3. The zero-order valence-electron chi connectivity index (χ0n) is 22.0. The van der Waals surface area contributed by atoms with E-state index < -0.39 is 22.1 Å². The number of carbonyl (C=O) groups is 1. The third-order valence-corrected chi connectivity index (χ3v) is 6.23. The average Bonchev–Trinajstić information content (AvgIpc) is 3.25. The fourth-order valence-electron chi connectivity index (χ4n) is 4.12. The Morgan fingerprint density at radius 3 is 2.17 bits per heavy atom. The molecule has 40 heavy (non-hydrogen) atoms. The molecule has 0 spiro atoms. The molecular formula is C30H26FN3O5S. The molecule has 5 aromatic rings. The van der Waals surface area contributed by atoms with E-state index in [0.717, 1.165) is 11.1 Å². The van der Waals surface area contributed by atoms with Crippen molar-refractivity contribution in [3.8, 4) is 28.1 Å². The molecule has 0 saturated carbocycles. The summed E-state index contributed by atoms with van der Waals surface area (Å²) in [5.74, 6) is 0.0561. The molecule has 0 aliphatic heterocycles. The van der Waals surface area contributed by atoms with Gasteiger partial charge in [-0.05, 0) is 92.6 Å². The second-order valence-corrected chi connectivity index (χ2v) is 11.0. The molecule has 5 rings (SSSR count). The first-order valence-electron chi connectivity index (χ1n) is 12.4. The average molecular weight is 560 g/mol. The molecule has 0 bridgehead atoms. The van der Waals surface area contributed by atoms with E-state index in [-0.39, 0.29) is 5.75 Å². The standard InChI is InChI=1S/C30H26FN3O5S/c1-30(2,3)38-29(35)22-9-13-24(14-10-22)32-28-27(21-11-15-25(16-12-21)39-40(31,36)37)33-26-19-23(17-18-34(26)28)20-7-5-4-6-8-20/h4-19,32H,1-3H3. The van der Waals surface area contributed by atoms with Crippen LogP contribution in [0.5, 0.6) is 5.75 Å². The molecule has 0 aliphatic rings. The van der Waals surface area contributed by atoms with E-state index in [1.54, 1.807) is 36.4 Å². The van der Waals surface area contributed by atoms with Crippen molar-refractivity contribution in [2.75, 3.05) is 5.32 Å². The molecular weight excluding hydrogens is 533 g/mol. The molecule has 2 aromatic heterocycles. The van der Waals surface area contributed by atoms with E-state index in [9.17, 15) is 17.1 Å². The van der Waals surface area contributed by atoms with Crippen molar-refractivity contribution in [2.45, 2.75) is 26.4 Å². The van der Waals surface area contributed by atoms with E-state index in [0.29, 0.717) is 34.0 Å². The van der Waals surface area contributed by atoms with Crippen LogP contribution >= 0.6 is 0 Å².